The summed E-state index contributed by atoms with van der Waals surface area (Å²) in [6.45, 7) is 7.57. The molecule has 0 atom stereocenters. The number of nitrogens with one attached hydrogen (secondary N) is 3. The minimum atomic E-state index is -0.247. The molecule has 4 aromatic carbocycles. The van der Waals surface area contributed by atoms with Gasteiger partial charge in [0.2, 0.25) is 11.8 Å². The number of ketones is 2. The maximum absolute atomic E-state index is 12.1. The maximum atomic E-state index is 12.1. The molecule has 0 aromatic heterocycles. The summed E-state index contributed by atoms with van der Waals surface area (Å²) in [5.41, 5.74) is 8.16. The van der Waals surface area contributed by atoms with E-state index in [1.165, 1.54) is 39.8 Å². The van der Waals surface area contributed by atoms with Crippen molar-refractivity contribution >= 4 is 50.7 Å². The molecule has 53 heavy (non-hydrogen) atoms. The van der Waals surface area contributed by atoms with E-state index in [2.05, 4.69) is 150 Å². The first kappa shape index (κ1) is 37.2. The van der Waals surface area contributed by atoms with Gasteiger partial charge in [-0.15, -0.1) is 0 Å². The second-order valence-corrected chi connectivity index (χ2v) is 13.8. The van der Waals surface area contributed by atoms with Crippen LogP contribution < -0.4 is 25.8 Å². The highest BCUT2D eigenvalue weighted by Gasteiger charge is 2.27. The van der Waals surface area contributed by atoms with Crippen molar-refractivity contribution in [1.29, 1.82) is 0 Å². The van der Waals surface area contributed by atoms with Crippen LogP contribution in [0.1, 0.15) is 12.8 Å². The zero-order valence-electron chi connectivity index (χ0n) is 29.5. The van der Waals surface area contributed by atoms with Crippen molar-refractivity contribution in [1.82, 2.24) is 20.9 Å². The Hall–Kier alpha value is -5.52. The molecule has 0 unspecified atom stereocenters. The molecule has 2 fully saturated rings. The number of anilines is 2. The first-order chi connectivity index (χ1) is 25.8. The van der Waals surface area contributed by atoms with Crippen molar-refractivity contribution in [3.8, 4) is 22.3 Å². The lowest BCUT2D eigenvalue weighted by Crippen LogP contribution is -2.48. The molecule has 4 aromatic rings. The highest BCUT2D eigenvalue weighted by molar-refractivity contribution is 9.12. The molecule has 2 saturated heterocycles. The van der Waals surface area contributed by atoms with E-state index in [0.29, 0.717) is 10.2 Å². The van der Waals surface area contributed by atoms with Crippen LogP contribution in [0, 0.1) is 0 Å². The number of carbonyl (C=O) groups excluding carboxylic acids is 4. The summed E-state index contributed by atoms with van der Waals surface area (Å²) in [4.78, 5) is 51.3. The van der Waals surface area contributed by atoms with E-state index in [9.17, 15) is 19.2 Å². The monoisotopic (exact) mass is 774 g/mol. The van der Waals surface area contributed by atoms with Crippen LogP contribution in [0.5, 0.6) is 0 Å². The van der Waals surface area contributed by atoms with Gasteiger partial charge in [0.05, 0.1) is 23.0 Å². The van der Waals surface area contributed by atoms with Gasteiger partial charge in [-0.1, -0.05) is 84.9 Å². The summed E-state index contributed by atoms with van der Waals surface area (Å²) in [5, 5.41) is 8.43. The number of amides is 2. The van der Waals surface area contributed by atoms with Gasteiger partial charge in [0.15, 0.2) is 11.6 Å². The predicted molar refractivity (Wildman–Crippen MR) is 213 cm³/mol. The second kappa shape index (κ2) is 18.3. The van der Waals surface area contributed by atoms with Crippen LogP contribution >= 0.6 is 15.9 Å². The molecule has 272 valence electrons. The van der Waals surface area contributed by atoms with Crippen LogP contribution in [-0.4, -0.2) is 80.6 Å². The van der Waals surface area contributed by atoms with Crippen molar-refractivity contribution in [3.05, 3.63) is 132 Å². The van der Waals surface area contributed by atoms with E-state index >= 15 is 0 Å². The molecular formula is C42H43BrN6O4. The van der Waals surface area contributed by atoms with Gasteiger partial charge < -0.3 is 30.7 Å². The van der Waals surface area contributed by atoms with E-state index < -0.39 is 0 Å². The number of nitrogens with zero attached hydrogens (tertiary/aromatic N) is 3. The normalized spacial score (nSPS) is 17.3. The van der Waals surface area contributed by atoms with Gasteiger partial charge >= 0.3 is 0 Å². The number of allylic oxidation sites excluding steroid dienone is 2. The van der Waals surface area contributed by atoms with E-state index in [4.69, 9.17) is 0 Å². The Balaban J connectivity index is 0.000000153. The smallest absolute Gasteiger partial charge is 0.231 e. The molecule has 3 N–H and O–H groups in total. The molecule has 4 aliphatic rings. The van der Waals surface area contributed by atoms with Crippen LogP contribution in [0.3, 0.4) is 0 Å². The minimum absolute atomic E-state index is 0.0446. The molecule has 4 aliphatic heterocycles. The van der Waals surface area contributed by atoms with Gasteiger partial charge in [-0.2, -0.15) is 0 Å². The number of benzene rings is 4. The van der Waals surface area contributed by atoms with Crippen LogP contribution in [-0.2, 0) is 19.2 Å². The fourth-order valence-electron chi connectivity index (χ4n) is 6.44. The predicted octanol–water partition coefficient (Wildman–Crippen LogP) is 5.48. The number of rotatable bonds is 5. The fourth-order valence-corrected chi connectivity index (χ4v) is 6.70. The Labute approximate surface area is 318 Å². The number of hydrogen-bond donors (Lipinski definition) is 3. The molecule has 0 radical (unpaired) electrons. The summed E-state index contributed by atoms with van der Waals surface area (Å²) in [7, 11) is 0. The van der Waals surface area contributed by atoms with E-state index in [-0.39, 0.29) is 36.2 Å². The Morgan fingerprint density at radius 1 is 0.472 bits per heavy atom. The zero-order chi connectivity index (χ0) is 37.0. The molecule has 11 heteroatoms. The summed E-state index contributed by atoms with van der Waals surface area (Å²) in [5.74, 6) is -0.731. The number of halogens is 1. The molecule has 2 amide bonds. The molecule has 0 aliphatic carbocycles. The first-order valence-corrected chi connectivity index (χ1v) is 18.6. The van der Waals surface area contributed by atoms with Crippen molar-refractivity contribution in [3.63, 3.8) is 0 Å². The third kappa shape index (κ3) is 10.3. The zero-order valence-corrected chi connectivity index (χ0v) is 31.1. The van der Waals surface area contributed by atoms with Crippen molar-refractivity contribution in [2.75, 3.05) is 62.2 Å². The molecule has 0 spiro atoms. The fraction of sp³-hybridized carbons (Fsp3) is 0.238. The summed E-state index contributed by atoms with van der Waals surface area (Å²) < 4.78 is 0.433. The van der Waals surface area contributed by atoms with E-state index in [1.807, 2.05) is 6.07 Å². The van der Waals surface area contributed by atoms with Gasteiger partial charge in [0.25, 0.3) is 0 Å². The average molecular weight is 776 g/mol. The van der Waals surface area contributed by atoms with Crippen LogP contribution in [0.2, 0.25) is 0 Å². The first-order valence-electron chi connectivity index (χ1n) is 17.8. The standard InChI is InChI=1S/C21H21N3O2.C16H18N2.C5H4BrNO2/c25-20-14-21(26)22-15-19(20)24-11-9-23(10-12-24)18-8-4-7-17(13-18)16-5-2-1-3-6-16;1-2-5-14(6-3-1)15-7-4-8-16(13-15)18-11-9-17-10-12-18;6-3-2-7-5(9)1-4(3)8/h1-8,13,15H,9-12,14H2,(H,22,26);1-8,13,17H,9-12H2;2H,1H2,(H,7,9). The topological polar surface area (TPSA) is 114 Å². The number of carbonyl (C=O) groups is 4. The lowest BCUT2D eigenvalue weighted by atomic mass is 10.0. The Morgan fingerprint density at radius 2 is 0.925 bits per heavy atom. The molecule has 8 rings (SSSR count). The lowest BCUT2D eigenvalue weighted by Gasteiger charge is -2.38. The molecule has 4 heterocycles. The molecule has 10 nitrogen and oxygen atoms in total. The van der Waals surface area contributed by atoms with Crippen molar-refractivity contribution < 1.29 is 19.2 Å². The van der Waals surface area contributed by atoms with Crippen molar-refractivity contribution in [2.24, 2.45) is 0 Å². The van der Waals surface area contributed by atoms with Gasteiger partial charge in [-0.3, -0.25) is 19.2 Å². The van der Waals surface area contributed by atoms with Gasteiger partial charge in [0.1, 0.15) is 0 Å². The number of hydrogen-bond acceptors (Lipinski definition) is 8. The summed E-state index contributed by atoms with van der Waals surface area (Å²) in [6.07, 6.45) is 2.82. The quantitative estimate of drug-likeness (QED) is 0.229. The Morgan fingerprint density at radius 3 is 1.42 bits per heavy atom. The highest BCUT2D eigenvalue weighted by Crippen LogP contribution is 2.27. The van der Waals surface area contributed by atoms with Crippen LogP contribution in [0.25, 0.3) is 22.3 Å². The SMILES string of the molecule is O=C1CC(=O)C(Br)=CN1.O=C1CC(=O)C(N2CCN(c3cccc(-c4ccccc4)c3)CC2)=CN1.c1ccc(-c2cccc(N3CCNCC3)c2)cc1. The van der Waals surface area contributed by atoms with E-state index in [0.717, 1.165) is 52.4 Å². The number of Topliss-reactive ketones (excluding diaryl/α,β-unsaturated/α-hetero) is 2. The largest absolute Gasteiger partial charge is 0.369 e. The number of piperazine rings is 2. The summed E-state index contributed by atoms with van der Waals surface area (Å²) in [6, 6.07) is 38.3. The maximum Gasteiger partial charge on any atom is 0.231 e. The third-order valence-electron chi connectivity index (χ3n) is 9.30. The van der Waals surface area contributed by atoms with Crippen LogP contribution in [0.4, 0.5) is 11.4 Å². The average Bonchev–Trinajstić information content (AvgIpc) is 3.21. The Kier molecular flexibility index (Phi) is 12.9. The minimum Gasteiger partial charge on any atom is -0.369 e. The van der Waals surface area contributed by atoms with Gasteiger partial charge in [-0.05, 0) is 62.4 Å². The Bertz CT molecular complexity index is 1970. The molecular weight excluding hydrogens is 732 g/mol. The second-order valence-electron chi connectivity index (χ2n) is 12.9. The van der Waals surface area contributed by atoms with Crippen molar-refractivity contribution in [2.45, 2.75) is 12.8 Å². The third-order valence-corrected chi connectivity index (χ3v) is 9.97. The van der Waals surface area contributed by atoms with Crippen LogP contribution in [0.15, 0.2) is 132 Å². The van der Waals surface area contributed by atoms with Gasteiger partial charge in [-0.25, -0.2) is 0 Å². The molecule has 0 saturated carbocycles. The lowest BCUT2D eigenvalue weighted by molar-refractivity contribution is -0.128. The highest BCUT2D eigenvalue weighted by atomic mass is 79.9. The van der Waals surface area contributed by atoms with Gasteiger partial charge in [0, 0.05) is 76.1 Å². The summed E-state index contributed by atoms with van der Waals surface area (Å²) >= 11 is 2.98. The van der Waals surface area contributed by atoms with E-state index in [1.54, 1.807) is 6.20 Å². The molecule has 0 bridgehead atoms.